The van der Waals surface area contributed by atoms with Crippen LogP contribution in [0.3, 0.4) is 0 Å². The van der Waals surface area contributed by atoms with E-state index in [-0.39, 0.29) is 11.4 Å². The lowest BCUT2D eigenvalue weighted by molar-refractivity contribution is 0.0950. The fraction of sp³-hybridized carbons (Fsp3) is 0.0800. The summed E-state index contributed by atoms with van der Waals surface area (Å²) in [6, 6.07) is 24.0. The van der Waals surface area contributed by atoms with Crippen molar-refractivity contribution in [2.45, 2.75) is 13.5 Å². The highest BCUT2D eigenvalue weighted by Gasteiger charge is 2.14. The molecule has 0 spiro atoms. The molecule has 1 aromatic heterocycles. The Morgan fingerprint density at radius 3 is 2.66 bits per heavy atom. The molecular formula is C25H22N4O3. The number of H-pyrrole nitrogens is 1. The molecule has 3 aromatic carbocycles. The van der Waals surface area contributed by atoms with E-state index in [1.54, 1.807) is 30.3 Å². The van der Waals surface area contributed by atoms with E-state index in [1.165, 1.54) is 11.8 Å². The fourth-order valence-corrected chi connectivity index (χ4v) is 3.04. The molecule has 160 valence electrons. The molecule has 0 saturated heterocycles. The van der Waals surface area contributed by atoms with E-state index in [2.05, 4.69) is 20.7 Å². The largest absolute Gasteiger partial charge is 0.507 e. The zero-order valence-corrected chi connectivity index (χ0v) is 17.4. The number of nitrogens with one attached hydrogen (secondary N) is 2. The number of para-hydroxylation sites is 2. The first-order valence-corrected chi connectivity index (χ1v) is 10.0. The molecule has 0 aliphatic carbocycles. The Labute approximate surface area is 185 Å². The lowest BCUT2D eigenvalue weighted by Gasteiger charge is -2.10. The number of aryl methyl sites for hydroxylation is 1. The molecule has 0 atom stereocenters. The molecule has 7 nitrogen and oxygen atoms in total. The van der Waals surface area contributed by atoms with Gasteiger partial charge in [0, 0.05) is 11.1 Å². The van der Waals surface area contributed by atoms with Crippen molar-refractivity contribution in [2.75, 3.05) is 0 Å². The fourth-order valence-electron chi connectivity index (χ4n) is 3.04. The molecule has 3 N–H and O–H groups in total. The molecule has 0 unspecified atom stereocenters. The number of benzene rings is 3. The van der Waals surface area contributed by atoms with Gasteiger partial charge >= 0.3 is 0 Å². The van der Waals surface area contributed by atoms with Gasteiger partial charge in [0.25, 0.3) is 5.91 Å². The first-order valence-electron chi connectivity index (χ1n) is 10.0. The van der Waals surface area contributed by atoms with Gasteiger partial charge in [-0.1, -0.05) is 54.1 Å². The topological polar surface area (TPSA) is 99.6 Å². The van der Waals surface area contributed by atoms with E-state index in [0.717, 1.165) is 11.1 Å². The molecule has 1 amide bonds. The summed E-state index contributed by atoms with van der Waals surface area (Å²) in [7, 11) is 0. The third kappa shape index (κ3) is 5.02. The summed E-state index contributed by atoms with van der Waals surface area (Å²) in [6.45, 7) is 2.47. The summed E-state index contributed by atoms with van der Waals surface area (Å²) in [4.78, 5) is 12.4. The highest BCUT2D eigenvalue weighted by atomic mass is 16.5. The Morgan fingerprint density at radius 2 is 1.84 bits per heavy atom. The number of aromatic hydroxyl groups is 1. The predicted molar refractivity (Wildman–Crippen MR) is 123 cm³/mol. The highest BCUT2D eigenvalue weighted by molar-refractivity contribution is 5.94. The Balaban J connectivity index is 1.44. The molecule has 4 rings (SSSR count). The molecule has 32 heavy (non-hydrogen) atoms. The number of aromatic nitrogens is 2. The van der Waals surface area contributed by atoms with Crippen LogP contribution in [-0.2, 0) is 6.61 Å². The number of hydrogen-bond acceptors (Lipinski definition) is 5. The molecule has 0 fully saturated rings. The summed E-state index contributed by atoms with van der Waals surface area (Å²) in [6.07, 6.45) is 1.37. The maximum Gasteiger partial charge on any atom is 0.289 e. The number of phenolic OH excluding ortho intramolecular Hbond substituents is 1. The van der Waals surface area contributed by atoms with Crippen molar-refractivity contribution >= 4 is 12.1 Å². The maximum absolute atomic E-state index is 12.4. The van der Waals surface area contributed by atoms with Gasteiger partial charge in [0.1, 0.15) is 23.8 Å². The number of nitrogens with zero attached hydrogens (tertiary/aromatic N) is 2. The summed E-state index contributed by atoms with van der Waals surface area (Å²) in [5.41, 5.74) is 6.79. The monoisotopic (exact) mass is 426 g/mol. The molecular weight excluding hydrogens is 404 g/mol. The zero-order chi connectivity index (χ0) is 22.3. The number of phenols is 1. The van der Waals surface area contributed by atoms with Crippen LogP contribution in [0.2, 0.25) is 0 Å². The number of carbonyl (C=O) groups excluding carboxylic acids is 1. The number of ether oxygens (including phenoxy) is 1. The Hall–Kier alpha value is -4.39. The van der Waals surface area contributed by atoms with Gasteiger partial charge in [-0.05, 0) is 42.8 Å². The number of aromatic amines is 1. The van der Waals surface area contributed by atoms with Crippen LogP contribution < -0.4 is 10.2 Å². The lowest BCUT2D eigenvalue weighted by atomic mass is 10.1. The minimum Gasteiger partial charge on any atom is -0.507 e. The van der Waals surface area contributed by atoms with E-state index in [4.69, 9.17) is 4.74 Å². The average Bonchev–Trinajstić information content (AvgIpc) is 3.30. The van der Waals surface area contributed by atoms with Gasteiger partial charge in [0.2, 0.25) is 0 Å². The maximum atomic E-state index is 12.4. The Bertz CT molecular complexity index is 1250. The van der Waals surface area contributed by atoms with Gasteiger partial charge in [-0.3, -0.25) is 9.89 Å². The highest BCUT2D eigenvalue weighted by Crippen LogP contribution is 2.29. The van der Waals surface area contributed by atoms with Crippen molar-refractivity contribution in [3.63, 3.8) is 0 Å². The first-order chi connectivity index (χ1) is 15.6. The molecule has 0 aliphatic heterocycles. The second-order valence-electron chi connectivity index (χ2n) is 7.20. The van der Waals surface area contributed by atoms with Gasteiger partial charge < -0.3 is 9.84 Å². The SMILES string of the molecule is Cc1ccc(COc2ccccc2-c2cc(C(=O)N/N=C/c3ccccc3O)[nH]n2)cc1. The van der Waals surface area contributed by atoms with Gasteiger partial charge in [-0.15, -0.1) is 0 Å². The van der Waals surface area contributed by atoms with Crippen LogP contribution in [0.25, 0.3) is 11.3 Å². The molecule has 7 heteroatoms. The van der Waals surface area contributed by atoms with Crippen LogP contribution in [0, 0.1) is 6.92 Å². The average molecular weight is 426 g/mol. The molecule has 0 radical (unpaired) electrons. The minimum absolute atomic E-state index is 0.0802. The number of rotatable bonds is 7. The van der Waals surface area contributed by atoms with Gasteiger partial charge in [-0.2, -0.15) is 10.2 Å². The van der Waals surface area contributed by atoms with Gasteiger partial charge in [0.15, 0.2) is 0 Å². The molecule has 1 heterocycles. The quantitative estimate of drug-likeness (QED) is 0.301. The third-order valence-corrected chi connectivity index (χ3v) is 4.81. The van der Waals surface area contributed by atoms with Crippen molar-refractivity contribution in [3.05, 3.63) is 101 Å². The molecule has 0 bridgehead atoms. The van der Waals surface area contributed by atoms with E-state index in [0.29, 0.717) is 23.6 Å². The predicted octanol–water partition coefficient (Wildman–Crippen LogP) is 4.43. The van der Waals surface area contributed by atoms with E-state index in [9.17, 15) is 9.90 Å². The summed E-state index contributed by atoms with van der Waals surface area (Å²) < 4.78 is 6.01. The Morgan fingerprint density at radius 1 is 1.09 bits per heavy atom. The lowest BCUT2D eigenvalue weighted by Crippen LogP contribution is -2.18. The van der Waals surface area contributed by atoms with Gasteiger partial charge in [0.05, 0.1) is 11.9 Å². The first kappa shape index (κ1) is 20.9. The number of hydrogen-bond donors (Lipinski definition) is 3. The normalized spacial score (nSPS) is 10.9. The van der Waals surface area contributed by atoms with Crippen molar-refractivity contribution in [1.29, 1.82) is 0 Å². The van der Waals surface area contributed by atoms with E-state index < -0.39 is 5.91 Å². The number of hydrazone groups is 1. The summed E-state index contributed by atoms with van der Waals surface area (Å²) in [5, 5.41) is 20.6. The molecule has 0 saturated carbocycles. The van der Waals surface area contributed by atoms with Crippen LogP contribution in [0.4, 0.5) is 0 Å². The van der Waals surface area contributed by atoms with Gasteiger partial charge in [-0.25, -0.2) is 5.43 Å². The Kier molecular flexibility index (Phi) is 6.27. The number of carbonyl (C=O) groups is 1. The molecule has 0 aliphatic rings. The smallest absolute Gasteiger partial charge is 0.289 e. The third-order valence-electron chi connectivity index (χ3n) is 4.81. The second kappa shape index (κ2) is 9.61. The van der Waals surface area contributed by atoms with E-state index in [1.807, 2.05) is 55.5 Å². The van der Waals surface area contributed by atoms with Crippen LogP contribution in [0.1, 0.15) is 27.2 Å². The molecule has 4 aromatic rings. The van der Waals surface area contributed by atoms with Crippen LogP contribution in [-0.4, -0.2) is 27.4 Å². The van der Waals surface area contributed by atoms with Crippen LogP contribution >= 0.6 is 0 Å². The van der Waals surface area contributed by atoms with E-state index >= 15 is 0 Å². The second-order valence-corrected chi connectivity index (χ2v) is 7.20. The zero-order valence-electron chi connectivity index (χ0n) is 17.4. The number of amides is 1. The summed E-state index contributed by atoms with van der Waals surface area (Å²) >= 11 is 0. The summed E-state index contributed by atoms with van der Waals surface area (Å²) in [5.74, 6) is 0.300. The van der Waals surface area contributed by atoms with Crippen molar-refractivity contribution in [3.8, 4) is 22.8 Å². The standard InChI is InChI=1S/C25H22N4O3/c1-17-10-12-18(13-11-17)16-32-24-9-5-3-7-20(24)21-14-22(28-27-21)25(31)29-26-15-19-6-2-4-8-23(19)30/h2-15,30H,16H2,1H3,(H,27,28)(H,29,31)/b26-15+. The van der Waals surface area contributed by atoms with Crippen molar-refractivity contribution in [1.82, 2.24) is 15.6 Å². The van der Waals surface area contributed by atoms with Crippen molar-refractivity contribution in [2.24, 2.45) is 5.10 Å². The minimum atomic E-state index is -0.450. The van der Waals surface area contributed by atoms with Crippen LogP contribution in [0.5, 0.6) is 11.5 Å². The van der Waals surface area contributed by atoms with Crippen LogP contribution in [0.15, 0.2) is 84.0 Å². The van der Waals surface area contributed by atoms with Crippen molar-refractivity contribution < 1.29 is 14.6 Å².